The van der Waals surface area contributed by atoms with Gasteiger partial charge < -0.3 is 18.6 Å². The first-order chi connectivity index (χ1) is 13.8. The van der Waals surface area contributed by atoms with Gasteiger partial charge in [0.15, 0.2) is 0 Å². The maximum Gasteiger partial charge on any atom is 0.512 e. The van der Waals surface area contributed by atoms with Crippen LogP contribution in [0.5, 0.6) is 0 Å². The molecule has 0 saturated heterocycles. The summed E-state index contributed by atoms with van der Waals surface area (Å²) in [5.74, 6) is 0.177. The summed E-state index contributed by atoms with van der Waals surface area (Å²) in [6.45, 7) is 8.91. The number of fused-ring (bicyclic) bond motifs is 1. The van der Waals surface area contributed by atoms with E-state index in [1.165, 1.54) is 43.7 Å². The Bertz CT molecular complexity index is 867. The van der Waals surface area contributed by atoms with Crippen LogP contribution in [0, 0.1) is 0 Å². The summed E-state index contributed by atoms with van der Waals surface area (Å²) in [5.41, 5.74) is 3.69. The van der Waals surface area contributed by atoms with Crippen LogP contribution in [-0.4, -0.2) is 37.0 Å². The topological polar surface area (TPSA) is 49.7 Å². The molecule has 29 heavy (non-hydrogen) atoms. The van der Waals surface area contributed by atoms with Gasteiger partial charge in [-0.2, -0.15) is 0 Å². The number of aromatic nitrogens is 1. The fraction of sp³-hybridized carbons (Fsp3) is 0.609. The van der Waals surface area contributed by atoms with Gasteiger partial charge in [-0.25, -0.2) is 4.79 Å². The van der Waals surface area contributed by atoms with Crippen molar-refractivity contribution in [2.24, 2.45) is 7.05 Å². The minimum Gasteiger partial charge on any atom is -0.465 e. The van der Waals surface area contributed by atoms with Crippen molar-refractivity contribution in [1.29, 1.82) is 0 Å². The van der Waals surface area contributed by atoms with Crippen molar-refractivity contribution in [3.8, 4) is 0 Å². The lowest BCUT2D eigenvalue weighted by atomic mass is 9.76. The number of methoxy groups -OCH3 is 1. The van der Waals surface area contributed by atoms with Gasteiger partial charge in [0, 0.05) is 30.2 Å². The van der Waals surface area contributed by atoms with Crippen molar-refractivity contribution in [2.45, 2.75) is 71.3 Å². The predicted molar refractivity (Wildman–Crippen MR) is 118 cm³/mol. The van der Waals surface area contributed by atoms with Crippen LogP contribution in [0.4, 0.5) is 0 Å². The lowest BCUT2D eigenvalue weighted by molar-refractivity contribution is 0.0600. The van der Waals surface area contributed by atoms with E-state index in [0.29, 0.717) is 18.1 Å². The molecule has 1 heterocycles. The predicted octanol–water partition coefficient (Wildman–Crippen LogP) is 4.56. The standard InChI is InChI=1S/C23H34BNO4/c1-7-23(3,4)29-24(28-8-2)21-20(16-11-9-10-12-16)18-14-13-17(22(26)27-6)15-19(18)25(21)5/h13-16H,7-12H2,1-6H3. The Morgan fingerprint density at radius 3 is 2.52 bits per heavy atom. The number of carbonyl (C=O) groups is 1. The summed E-state index contributed by atoms with van der Waals surface area (Å²) in [4.78, 5) is 12.1. The molecular formula is C23H34BNO4. The second-order valence-corrected chi connectivity index (χ2v) is 8.58. The lowest BCUT2D eigenvalue weighted by Gasteiger charge is -2.29. The highest BCUT2D eigenvalue weighted by Crippen LogP contribution is 2.38. The van der Waals surface area contributed by atoms with Crippen molar-refractivity contribution in [3.05, 3.63) is 29.3 Å². The molecule has 3 rings (SSSR count). The second-order valence-electron chi connectivity index (χ2n) is 8.58. The van der Waals surface area contributed by atoms with Gasteiger partial charge in [-0.3, -0.25) is 0 Å². The minimum atomic E-state index is -0.440. The first kappa shape index (κ1) is 21.9. The van der Waals surface area contributed by atoms with Crippen molar-refractivity contribution in [3.63, 3.8) is 0 Å². The number of nitrogens with zero attached hydrogens (tertiary/aromatic N) is 1. The fourth-order valence-corrected chi connectivity index (χ4v) is 4.35. The molecule has 158 valence electrons. The summed E-state index contributed by atoms with van der Waals surface area (Å²) >= 11 is 0. The average molecular weight is 399 g/mol. The van der Waals surface area contributed by atoms with Crippen LogP contribution in [0.25, 0.3) is 10.9 Å². The van der Waals surface area contributed by atoms with Gasteiger partial charge in [0.05, 0.1) is 18.3 Å². The molecule has 1 saturated carbocycles. The smallest absolute Gasteiger partial charge is 0.465 e. The highest BCUT2D eigenvalue weighted by Gasteiger charge is 2.37. The van der Waals surface area contributed by atoms with E-state index in [4.69, 9.17) is 14.0 Å². The first-order valence-electron chi connectivity index (χ1n) is 10.8. The van der Waals surface area contributed by atoms with E-state index < -0.39 is 7.12 Å². The molecule has 6 heteroatoms. The van der Waals surface area contributed by atoms with E-state index in [0.717, 1.165) is 17.5 Å². The molecule has 0 bridgehead atoms. The van der Waals surface area contributed by atoms with Crippen LogP contribution in [-0.2, 0) is 21.1 Å². The van der Waals surface area contributed by atoms with Crippen LogP contribution in [0.1, 0.15) is 81.6 Å². The third kappa shape index (κ3) is 4.38. The van der Waals surface area contributed by atoms with Crippen LogP contribution in [0.2, 0.25) is 0 Å². The van der Waals surface area contributed by atoms with Gasteiger partial charge in [0.2, 0.25) is 0 Å². The molecule has 1 aliphatic carbocycles. The van der Waals surface area contributed by atoms with Gasteiger partial charge in [0.1, 0.15) is 0 Å². The first-order valence-corrected chi connectivity index (χ1v) is 10.8. The van der Waals surface area contributed by atoms with Crippen LogP contribution in [0.3, 0.4) is 0 Å². The van der Waals surface area contributed by atoms with Crippen LogP contribution < -0.4 is 5.59 Å². The van der Waals surface area contributed by atoms with Gasteiger partial charge in [-0.1, -0.05) is 25.8 Å². The average Bonchev–Trinajstić information content (AvgIpc) is 3.33. The Labute approximate surface area is 174 Å². The van der Waals surface area contributed by atoms with Crippen molar-refractivity contribution in [1.82, 2.24) is 4.57 Å². The monoisotopic (exact) mass is 399 g/mol. The Kier molecular flexibility index (Phi) is 6.74. The minimum absolute atomic E-state index is 0.291. The third-order valence-electron chi connectivity index (χ3n) is 6.29. The van der Waals surface area contributed by atoms with Gasteiger partial charge in [-0.05, 0) is 63.6 Å². The summed E-state index contributed by atoms with van der Waals surface area (Å²) in [5, 5.41) is 1.18. The van der Waals surface area contributed by atoms with E-state index in [1.807, 2.05) is 26.1 Å². The molecule has 1 aliphatic rings. The van der Waals surface area contributed by atoms with E-state index in [2.05, 4.69) is 31.4 Å². The van der Waals surface area contributed by atoms with Crippen molar-refractivity contribution in [2.75, 3.05) is 13.7 Å². The number of carbonyl (C=O) groups excluding carboxylic acids is 1. The van der Waals surface area contributed by atoms with Gasteiger partial charge in [0.25, 0.3) is 0 Å². The Hall–Kier alpha value is -1.79. The SMILES string of the molecule is CCOB(OC(C)(C)CC)c1c(C2CCCC2)c2ccc(C(=O)OC)cc2n1C. The Morgan fingerprint density at radius 1 is 1.24 bits per heavy atom. The van der Waals surface area contributed by atoms with Gasteiger partial charge >= 0.3 is 13.1 Å². The molecule has 0 unspecified atom stereocenters. The van der Waals surface area contributed by atoms with Crippen molar-refractivity contribution >= 4 is 29.6 Å². The second kappa shape index (κ2) is 8.92. The molecule has 0 amide bonds. The largest absolute Gasteiger partial charge is 0.512 e. The number of esters is 1. The number of aryl methyl sites for hydroxylation is 1. The summed E-state index contributed by atoms with van der Waals surface area (Å²) < 4.78 is 19.7. The Balaban J connectivity index is 2.20. The zero-order valence-electron chi connectivity index (χ0n) is 18.7. The molecule has 0 radical (unpaired) electrons. The molecule has 0 aliphatic heterocycles. The number of hydrogen-bond donors (Lipinski definition) is 0. The van der Waals surface area contributed by atoms with Gasteiger partial charge in [-0.15, -0.1) is 0 Å². The van der Waals surface area contributed by atoms with E-state index >= 15 is 0 Å². The number of benzene rings is 1. The maximum atomic E-state index is 12.1. The molecule has 5 nitrogen and oxygen atoms in total. The molecule has 0 spiro atoms. The van der Waals surface area contributed by atoms with E-state index in [-0.39, 0.29) is 11.6 Å². The van der Waals surface area contributed by atoms with Crippen molar-refractivity contribution < 1.29 is 18.8 Å². The molecular weight excluding hydrogens is 365 g/mol. The summed E-state index contributed by atoms with van der Waals surface area (Å²) in [7, 11) is 3.02. The lowest BCUT2D eigenvalue weighted by Crippen LogP contribution is -2.48. The molecule has 0 atom stereocenters. The molecule has 1 fully saturated rings. The van der Waals surface area contributed by atoms with E-state index in [1.54, 1.807) is 0 Å². The third-order valence-corrected chi connectivity index (χ3v) is 6.29. The molecule has 0 N–H and O–H groups in total. The summed E-state index contributed by atoms with van der Waals surface area (Å²) in [6, 6.07) is 5.85. The zero-order chi connectivity index (χ0) is 21.2. The highest BCUT2D eigenvalue weighted by atomic mass is 16.6. The number of ether oxygens (including phenoxy) is 1. The normalized spacial score (nSPS) is 15.2. The molecule has 1 aromatic carbocycles. The fourth-order valence-electron chi connectivity index (χ4n) is 4.35. The van der Waals surface area contributed by atoms with Crippen LogP contribution in [0.15, 0.2) is 18.2 Å². The van der Waals surface area contributed by atoms with E-state index in [9.17, 15) is 4.79 Å². The Morgan fingerprint density at radius 2 is 1.93 bits per heavy atom. The quantitative estimate of drug-likeness (QED) is 0.482. The maximum absolute atomic E-state index is 12.1. The number of hydrogen-bond acceptors (Lipinski definition) is 4. The summed E-state index contributed by atoms with van der Waals surface area (Å²) in [6.07, 6.45) is 5.76. The highest BCUT2D eigenvalue weighted by molar-refractivity contribution is 6.62. The molecule has 2 aromatic rings. The number of rotatable bonds is 8. The zero-order valence-corrected chi connectivity index (χ0v) is 18.7. The molecule has 1 aromatic heterocycles. The van der Waals surface area contributed by atoms with Crippen LogP contribution >= 0.6 is 0 Å².